The summed E-state index contributed by atoms with van der Waals surface area (Å²) in [6.45, 7) is 0. The smallest absolute Gasteiger partial charge is 0.195 e. The highest BCUT2D eigenvalue weighted by atomic mass is 16.1. The van der Waals surface area contributed by atoms with Crippen LogP contribution in [0.4, 0.5) is 0 Å². The maximum atomic E-state index is 11.8. The molecule has 0 saturated heterocycles. The van der Waals surface area contributed by atoms with Crippen molar-refractivity contribution in [1.82, 2.24) is 0 Å². The highest BCUT2D eigenvalue weighted by Crippen LogP contribution is 2.35. The van der Waals surface area contributed by atoms with Gasteiger partial charge >= 0.3 is 0 Å². The lowest BCUT2D eigenvalue weighted by atomic mass is 10.0. The van der Waals surface area contributed by atoms with Crippen LogP contribution in [0, 0.1) is 0 Å². The van der Waals surface area contributed by atoms with Gasteiger partial charge < -0.3 is 0 Å². The molecule has 0 unspecified atom stereocenters. The van der Waals surface area contributed by atoms with Gasteiger partial charge in [0.2, 0.25) is 0 Å². The summed E-state index contributed by atoms with van der Waals surface area (Å²) in [5.41, 5.74) is 0.220. The average Bonchev–Trinajstić information content (AvgIpc) is 3.02. The average molecular weight is 204 g/mol. The number of hydrogen-bond acceptors (Lipinski definition) is 1. The van der Waals surface area contributed by atoms with Crippen molar-refractivity contribution in [1.29, 1.82) is 0 Å². The summed E-state index contributed by atoms with van der Waals surface area (Å²) < 4.78 is 0. The molecule has 4 aromatic rings. The lowest BCUT2D eigenvalue weighted by Crippen LogP contribution is -1.73. The van der Waals surface area contributed by atoms with E-state index in [2.05, 4.69) is 12.1 Å². The molecular weight excluding hydrogens is 196 g/mol. The summed E-state index contributed by atoms with van der Waals surface area (Å²) in [5, 5.41) is 6.41. The zero-order chi connectivity index (χ0) is 10.7. The van der Waals surface area contributed by atoms with Crippen LogP contribution >= 0.6 is 0 Å². The summed E-state index contributed by atoms with van der Waals surface area (Å²) in [4.78, 5) is 11.8. The first-order chi connectivity index (χ1) is 7.88. The Morgan fingerprint density at radius 2 is 0.938 bits per heavy atom. The van der Waals surface area contributed by atoms with Crippen molar-refractivity contribution in [3.63, 3.8) is 0 Å². The molecule has 0 aromatic heterocycles. The predicted octanol–water partition coefficient (Wildman–Crippen LogP) is 3.38. The molecule has 0 radical (unpaired) electrons. The van der Waals surface area contributed by atoms with Gasteiger partial charge in [-0.05, 0) is 21.5 Å². The maximum absolute atomic E-state index is 11.8. The van der Waals surface area contributed by atoms with Gasteiger partial charge in [-0.15, -0.1) is 0 Å². The van der Waals surface area contributed by atoms with Gasteiger partial charge in [0.25, 0.3) is 0 Å². The van der Waals surface area contributed by atoms with Crippen LogP contribution in [0.2, 0.25) is 0 Å². The summed E-state index contributed by atoms with van der Waals surface area (Å²) in [7, 11) is 0. The number of hydrogen-bond donors (Lipinski definition) is 0. The summed E-state index contributed by atoms with van der Waals surface area (Å²) >= 11 is 0. The molecular formula is C15H8O. The molecule has 0 heterocycles. The molecule has 4 rings (SSSR count). The Kier molecular flexibility index (Phi) is 1.26. The van der Waals surface area contributed by atoms with E-state index in [-0.39, 0.29) is 5.43 Å². The normalized spacial score (nSPS) is 12.0. The van der Waals surface area contributed by atoms with Gasteiger partial charge in [0, 0.05) is 10.8 Å². The van der Waals surface area contributed by atoms with Crippen LogP contribution in [-0.2, 0) is 0 Å². The van der Waals surface area contributed by atoms with E-state index in [0.717, 1.165) is 21.5 Å². The molecule has 0 N–H and O–H groups in total. The summed E-state index contributed by atoms with van der Waals surface area (Å²) in [6.07, 6.45) is 0. The third-order valence-corrected chi connectivity index (χ3v) is 3.32. The first-order valence-electron chi connectivity index (χ1n) is 5.36. The van der Waals surface area contributed by atoms with Gasteiger partial charge in [-0.25, -0.2) is 0 Å². The molecule has 0 saturated carbocycles. The Hall–Kier alpha value is -2.15. The minimum Gasteiger partial charge on any atom is -0.289 e. The van der Waals surface area contributed by atoms with Crippen molar-refractivity contribution in [3.8, 4) is 0 Å². The number of rotatable bonds is 0. The fourth-order valence-corrected chi connectivity index (χ4v) is 2.56. The number of fused-ring (bicyclic) bond motifs is 6. The Bertz CT molecular complexity index is 791. The SMILES string of the molecule is O=c1c2c3ccccc3c3ccccc3c12. The Labute approximate surface area is 91.6 Å². The third-order valence-electron chi connectivity index (χ3n) is 3.32. The Balaban J connectivity index is 2.49. The van der Waals surface area contributed by atoms with Crippen LogP contribution in [0.25, 0.3) is 32.3 Å². The fraction of sp³-hybridized carbons (Fsp3) is 0. The molecule has 16 heavy (non-hydrogen) atoms. The molecule has 0 aliphatic heterocycles. The summed E-state index contributed by atoms with van der Waals surface area (Å²) in [6, 6.07) is 16.3. The van der Waals surface area contributed by atoms with Crippen LogP contribution in [-0.4, -0.2) is 0 Å². The van der Waals surface area contributed by atoms with Crippen molar-refractivity contribution in [3.05, 3.63) is 58.8 Å². The van der Waals surface area contributed by atoms with E-state index in [1.54, 1.807) is 0 Å². The van der Waals surface area contributed by atoms with Crippen molar-refractivity contribution in [2.24, 2.45) is 0 Å². The minimum absolute atomic E-state index is 0.220. The van der Waals surface area contributed by atoms with Gasteiger partial charge in [-0.1, -0.05) is 48.5 Å². The van der Waals surface area contributed by atoms with Gasteiger partial charge in [0.05, 0.1) is 0 Å². The quantitative estimate of drug-likeness (QED) is 0.401. The maximum Gasteiger partial charge on any atom is 0.195 e. The zero-order valence-electron chi connectivity index (χ0n) is 8.53. The molecule has 4 aromatic carbocycles. The Morgan fingerprint density at radius 3 is 1.38 bits per heavy atom. The van der Waals surface area contributed by atoms with Gasteiger partial charge in [-0.3, -0.25) is 4.79 Å². The van der Waals surface area contributed by atoms with Crippen LogP contribution in [0.3, 0.4) is 0 Å². The van der Waals surface area contributed by atoms with Crippen LogP contribution in [0.15, 0.2) is 53.3 Å². The third kappa shape index (κ3) is 0.797. The predicted molar refractivity (Wildman–Crippen MR) is 67.6 cm³/mol. The van der Waals surface area contributed by atoms with E-state index in [1.165, 1.54) is 10.8 Å². The van der Waals surface area contributed by atoms with Crippen molar-refractivity contribution in [2.45, 2.75) is 0 Å². The van der Waals surface area contributed by atoms with E-state index in [9.17, 15) is 4.79 Å². The molecule has 0 aliphatic rings. The monoisotopic (exact) mass is 204 g/mol. The lowest BCUT2D eigenvalue weighted by Gasteiger charge is -2.00. The molecule has 74 valence electrons. The topological polar surface area (TPSA) is 17.1 Å². The van der Waals surface area contributed by atoms with E-state index in [1.807, 2.05) is 36.4 Å². The molecule has 1 heteroatoms. The minimum atomic E-state index is 0.220. The molecule has 0 aliphatic carbocycles. The molecule has 0 fully saturated rings. The van der Waals surface area contributed by atoms with Crippen LogP contribution in [0.5, 0.6) is 0 Å². The van der Waals surface area contributed by atoms with Crippen molar-refractivity contribution >= 4 is 32.3 Å². The van der Waals surface area contributed by atoms with Crippen molar-refractivity contribution in [2.75, 3.05) is 0 Å². The van der Waals surface area contributed by atoms with Crippen LogP contribution < -0.4 is 5.43 Å². The van der Waals surface area contributed by atoms with Crippen LogP contribution in [0.1, 0.15) is 0 Å². The second kappa shape index (κ2) is 2.50. The number of benzene rings is 3. The van der Waals surface area contributed by atoms with E-state index in [0.29, 0.717) is 0 Å². The second-order valence-corrected chi connectivity index (χ2v) is 4.17. The Morgan fingerprint density at radius 1 is 0.562 bits per heavy atom. The molecule has 0 atom stereocenters. The van der Waals surface area contributed by atoms with E-state index in [4.69, 9.17) is 0 Å². The van der Waals surface area contributed by atoms with Gasteiger partial charge in [0.1, 0.15) is 0 Å². The molecule has 1 nitrogen and oxygen atoms in total. The van der Waals surface area contributed by atoms with E-state index < -0.39 is 0 Å². The molecule has 0 bridgehead atoms. The highest BCUT2D eigenvalue weighted by molar-refractivity contribution is 6.31. The first kappa shape index (κ1) is 8.05. The first-order valence-corrected chi connectivity index (χ1v) is 5.36. The van der Waals surface area contributed by atoms with Gasteiger partial charge in [0.15, 0.2) is 5.43 Å². The zero-order valence-corrected chi connectivity index (χ0v) is 8.53. The summed E-state index contributed by atoms with van der Waals surface area (Å²) in [5.74, 6) is 0. The van der Waals surface area contributed by atoms with Crippen molar-refractivity contribution < 1.29 is 0 Å². The fourth-order valence-electron chi connectivity index (χ4n) is 2.56. The lowest BCUT2D eigenvalue weighted by molar-refractivity contribution is 1.81. The van der Waals surface area contributed by atoms with Gasteiger partial charge in [-0.2, -0.15) is 0 Å². The second-order valence-electron chi connectivity index (χ2n) is 4.17. The largest absolute Gasteiger partial charge is 0.289 e. The van der Waals surface area contributed by atoms with E-state index >= 15 is 0 Å². The highest BCUT2D eigenvalue weighted by Gasteiger charge is 2.19. The standard InChI is InChI=1S/C15H8O/c16-15-13-11-7-3-1-5-9(11)10-6-2-4-8-12(10)14(13)15/h1-8H. The molecule has 0 amide bonds. The molecule has 0 spiro atoms.